The van der Waals surface area contributed by atoms with Crippen LogP contribution in [0.15, 0.2) is 24.3 Å². The summed E-state index contributed by atoms with van der Waals surface area (Å²) in [5.41, 5.74) is 0.526. The van der Waals surface area contributed by atoms with E-state index in [4.69, 9.17) is 5.11 Å². The van der Waals surface area contributed by atoms with Crippen molar-refractivity contribution in [1.82, 2.24) is 10.2 Å². The lowest BCUT2D eigenvalue weighted by atomic mass is 10.1. The number of carbonyl (C=O) groups excluding carboxylic acids is 1. The number of benzene rings is 1. The maximum absolute atomic E-state index is 13.2. The summed E-state index contributed by atoms with van der Waals surface area (Å²) in [6, 6.07) is 5.14. The average Bonchev–Trinajstić information content (AvgIpc) is 2.28. The first kappa shape index (κ1) is 15.1. The highest BCUT2D eigenvalue weighted by Gasteiger charge is 2.22. The van der Waals surface area contributed by atoms with Crippen LogP contribution in [0.2, 0.25) is 0 Å². The van der Waals surface area contributed by atoms with Crippen LogP contribution in [-0.4, -0.2) is 42.5 Å². The Kier molecular flexibility index (Phi) is 5.44. The van der Waals surface area contributed by atoms with E-state index in [2.05, 4.69) is 5.32 Å². The first-order chi connectivity index (χ1) is 8.91. The molecule has 1 unspecified atom stereocenters. The van der Waals surface area contributed by atoms with Gasteiger partial charge >= 0.3 is 5.97 Å². The van der Waals surface area contributed by atoms with Crippen LogP contribution in [0, 0.1) is 5.82 Å². The number of likely N-dealkylation sites (N-methyl/N-ethyl adjacent to an activating group) is 1. The Labute approximate surface area is 111 Å². The molecule has 1 amide bonds. The number of carboxylic acid groups (broad SMARTS) is 1. The first-order valence-corrected chi connectivity index (χ1v) is 5.83. The fraction of sp³-hybridized carbons (Fsp3) is 0.385. The van der Waals surface area contributed by atoms with E-state index in [-0.39, 0.29) is 18.9 Å². The molecule has 0 radical (unpaired) electrons. The number of aliphatic carboxylic acids is 1. The number of carbonyl (C=O) groups is 2. The van der Waals surface area contributed by atoms with Crippen LogP contribution in [0.25, 0.3) is 0 Å². The Morgan fingerprint density at radius 2 is 2.11 bits per heavy atom. The van der Waals surface area contributed by atoms with Crippen molar-refractivity contribution in [3.8, 4) is 0 Å². The second kappa shape index (κ2) is 6.84. The molecule has 104 valence electrons. The lowest BCUT2D eigenvalue weighted by Gasteiger charge is -2.23. The molecule has 6 heteroatoms. The number of nitrogens with zero attached hydrogens (tertiary/aromatic N) is 1. The fourth-order valence-corrected chi connectivity index (χ4v) is 1.75. The third-order valence-electron chi connectivity index (χ3n) is 2.57. The van der Waals surface area contributed by atoms with Crippen LogP contribution in [0.1, 0.15) is 18.0 Å². The number of nitrogens with one attached hydrogen (secondary N) is 1. The van der Waals surface area contributed by atoms with Gasteiger partial charge in [0, 0.05) is 6.54 Å². The molecule has 0 aromatic heterocycles. The van der Waals surface area contributed by atoms with Crippen molar-refractivity contribution in [2.24, 2.45) is 0 Å². The Hall–Kier alpha value is -1.95. The molecule has 0 aliphatic carbocycles. The lowest BCUT2D eigenvalue weighted by molar-refractivity contribution is -0.137. The van der Waals surface area contributed by atoms with Gasteiger partial charge in [-0.25, -0.2) is 4.39 Å². The zero-order valence-electron chi connectivity index (χ0n) is 10.9. The van der Waals surface area contributed by atoms with Crippen LogP contribution in [0.5, 0.6) is 0 Å². The predicted octanol–water partition coefficient (Wildman–Crippen LogP) is 1.02. The summed E-state index contributed by atoms with van der Waals surface area (Å²) in [5, 5.41) is 11.0. The summed E-state index contributed by atoms with van der Waals surface area (Å²) < 4.78 is 13.2. The highest BCUT2D eigenvalue weighted by molar-refractivity contribution is 5.83. The molecule has 19 heavy (non-hydrogen) atoms. The molecule has 0 fully saturated rings. The average molecular weight is 268 g/mol. The number of hydrogen-bond donors (Lipinski definition) is 2. The summed E-state index contributed by atoms with van der Waals surface area (Å²) in [5.74, 6) is -1.74. The minimum atomic E-state index is -0.979. The third kappa shape index (κ3) is 4.67. The van der Waals surface area contributed by atoms with E-state index in [1.54, 1.807) is 25.1 Å². The third-order valence-corrected chi connectivity index (χ3v) is 2.57. The summed E-state index contributed by atoms with van der Waals surface area (Å²) in [4.78, 5) is 24.0. The van der Waals surface area contributed by atoms with Crippen molar-refractivity contribution in [1.29, 1.82) is 0 Å². The monoisotopic (exact) mass is 268 g/mol. The van der Waals surface area contributed by atoms with Crippen molar-refractivity contribution < 1.29 is 19.1 Å². The van der Waals surface area contributed by atoms with E-state index in [0.717, 1.165) is 0 Å². The van der Waals surface area contributed by atoms with Gasteiger partial charge in [-0.05, 0) is 31.8 Å². The normalized spacial score (nSPS) is 12.2. The fourth-order valence-electron chi connectivity index (χ4n) is 1.75. The molecule has 1 aromatic carbocycles. The van der Waals surface area contributed by atoms with Crippen molar-refractivity contribution in [3.05, 3.63) is 35.6 Å². The molecule has 1 rings (SSSR count). The first-order valence-electron chi connectivity index (χ1n) is 5.83. The predicted molar refractivity (Wildman–Crippen MR) is 68.1 cm³/mol. The molecule has 0 spiro atoms. The molecule has 2 N–H and O–H groups in total. The van der Waals surface area contributed by atoms with Gasteiger partial charge in [-0.3, -0.25) is 14.5 Å². The van der Waals surface area contributed by atoms with Gasteiger partial charge in [-0.2, -0.15) is 0 Å². The molecule has 5 nitrogen and oxygen atoms in total. The van der Waals surface area contributed by atoms with E-state index < -0.39 is 17.8 Å². The summed E-state index contributed by atoms with van der Waals surface area (Å²) in [7, 11) is 3.40. The van der Waals surface area contributed by atoms with E-state index in [1.807, 2.05) is 0 Å². The summed E-state index contributed by atoms with van der Waals surface area (Å²) >= 11 is 0. The van der Waals surface area contributed by atoms with Gasteiger partial charge in [0.1, 0.15) is 11.9 Å². The quantitative estimate of drug-likeness (QED) is 0.808. The largest absolute Gasteiger partial charge is 0.481 e. The van der Waals surface area contributed by atoms with Crippen LogP contribution < -0.4 is 5.32 Å². The van der Waals surface area contributed by atoms with Crippen molar-refractivity contribution in [3.63, 3.8) is 0 Å². The standard InChI is InChI=1S/C13H17FN2O3/c1-16(2)12(9-4-3-5-10(14)8-9)13(19)15-7-6-11(17)18/h3-5,8,12H,6-7H2,1-2H3,(H,15,19)(H,17,18). The van der Waals surface area contributed by atoms with Gasteiger partial charge < -0.3 is 10.4 Å². The molecule has 1 atom stereocenters. The zero-order chi connectivity index (χ0) is 14.4. The van der Waals surface area contributed by atoms with Gasteiger partial charge in [0.15, 0.2) is 0 Å². The molecular formula is C13H17FN2O3. The van der Waals surface area contributed by atoms with Gasteiger partial charge in [0.05, 0.1) is 6.42 Å². The van der Waals surface area contributed by atoms with Gasteiger partial charge in [0.2, 0.25) is 5.91 Å². The molecule has 0 saturated heterocycles. The van der Waals surface area contributed by atoms with Gasteiger partial charge in [0.25, 0.3) is 0 Å². The maximum atomic E-state index is 13.2. The highest BCUT2D eigenvalue weighted by Crippen LogP contribution is 2.19. The van der Waals surface area contributed by atoms with E-state index in [1.165, 1.54) is 18.2 Å². The van der Waals surface area contributed by atoms with Crippen molar-refractivity contribution in [2.75, 3.05) is 20.6 Å². The molecule has 0 saturated carbocycles. The van der Waals surface area contributed by atoms with Crippen LogP contribution in [0.4, 0.5) is 4.39 Å². The Morgan fingerprint density at radius 1 is 1.42 bits per heavy atom. The van der Waals surface area contributed by atoms with E-state index in [9.17, 15) is 14.0 Å². The number of carboxylic acids is 1. The van der Waals surface area contributed by atoms with Crippen LogP contribution in [0.3, 0.4) is 0 Å². The molecule has 0 aliphatic heterocycles. The maximum Gasteiger partial charge on any atom is 0.305 e. The summed E-state index contributed by atoms with van der Waals surface area (Å²) in [6.45, 7) is 0.0494. The number of halogens is 1. The smallest absolute Gasteiger partial charge is 0.305 e. The molecule has 1 aromatic rings. The Bertz CT molecular complexity index is 463. The molecular weight excluding hydrogens is 251 g/mol. The van der Waals surface area contributed by atoms with E-state index >= 15 is 0 Å². The highest BCUT2D eigenvalue weighted by atomic mass is 19.1. The minimum Gasteiger partial charge on any atom is -0.481 e. The second-order valence-corrected chi connectivity index (χ2v) is 4.36. The summed E-state index contributed by atoms with van der Waals surface area (Å²) in [6.07, 6.45) is -0.144. The minimum absolute atomic E-state index is 0.0494. The number of hydrogen-bond acceptors (Lipinski definition) is 3. The molecule has 0 heterocycles. The van der Waals surface area contributed by atoms with Crippen molar-refractivity contribution in [2.45, 2.75) is 12.5 Å². The van der Waals surface area contributed by atoms with E-state index in [0.29, 0.717) is 5.56 Å². The van der Waals surface area contributed by atoms with Gasteiger partial charge in [-0.15, -0.1) is 0 Å². The number of amides is 1. The second-order valence-electron chi connectivity index (χ2n) is 4.36. The van der Waals surface area contributed by atoms with Gasteiger partial charge in [-0.1, -0.05) is 12.1 Å². The Balaban J connectivity index is 2.77. The topological polar surface area (TPSA) is 69.6 Å². The lowest BCUT2D eigenvalue weighted by Crippen LogP contribution is -2.38. The van der Waals surface area contributed by atoms with Crippen LogP contribution >= 0.6 is 0 Å². The molecule has 0 aliphatic rings. The Morgan fingerprint density at radius 3 is 2.63 bits per heavy atom. The van der Waals surface area contributed by atoms with Crippen molar-refractivity contribution >= 4 is 11.9 Å². The SMILES string of the molecule is CN(C)C(C(=O)NCCC(=O)O)c1cccc(F)c1. The zero-order valence-corrected chi connectivity index (χ0v) is 10.9. The molecule has 0 bridgehead atoms. The number of rotatable bonds is 6. The van der Waals surface area contributed by atoms with Crippen LogP contribution in [-0.2, 0) is 9.59 Å².